The van der Waals surface area contributed by atoms with Gasteiger partial charge in [-0.3, -0.25) is 0 Å². The van der Waals surface area contributed by atoms with Gasteiger partial charge in [0, 0.05) is 10.6 Å². The van der Waals surface area contributed by atoms with Gasteiger partial charge in [0.2, 0.25) is 0 Å². The SMILES string of the molecule is Nc1cc(-c2nnnn2-c2ccc(Cl)cc2F)ccc1Cl. The Balaban J connectivity index is 2.14. The highest BCUT2D eigenvalue weighted by Gasteiger charge is 2.15. The maximum atomic E-state index is 14.0. The van der Waals surface area contributed by atoms with Gasteiger partial charge in [0.25, 0.3) is 0 Å². The van der Waals surface area contributed by atoms with Gasteiger partial charge in [0.15, 0.2) is 5.82 Å². The minimum absolute atomic E-state index is 0.188. The van der Waals surface area contributed by atoms with E-state index in [-0.39, 0.29) is 5.69 Å². The van der Waals surface area contributed by atoms with E-state index in [4.69, 9.17) is 28.9 Å². The predicted molar refractivity (Wildman–Crippen MR) is 79.0 cm³/mol. The summed E-state index contributed by atoms with van der Waals surface area (Å²) in [5.41, 5.74) is 6.96. The molecule has 8 heteroatoms. The number of hydrogen-bond donors (Lipinski definition) is 1. The van der Waals surface area contributed by atoms with Crippen molar-refractivity contribution in [2.24, 2.45) is 0 Å². The number of hydrogen-bond acceptors (Lipinski definition) is 4. The molecule has 1 aromatic heterocycles. The number of benzene rings is 2. The quantitative estimate of drug-likeness (QED) is 0.734. The van der Waals surface area contributed by atoms with Gasteiger partial charge in [-0.1, -0.05) is 23.2 Å². The van der Waals surface area contributed by atoms with Crippen LogP contribution in [0.1, 0.15) is 0 Å². The minimum Gasteiger partial charge on any atom is -0.398 e. The van der Waals surface area contributed by atoms with E-state index >= 15 is 0 Å². The molecule has 0 unspecified atom stereocenters. The third-order valence-corrected chi connectivity index (χ3v) is 3.44. The summed E-state index contributed by atoms with van der Waals surface area (Å²) in [4.78, 5) is 0. The van der Waals surface area contributed by atoms with Crippen LogP contribution in [0.25, 0.3) is 17.1 Å². The predicted octanol–water partition coefficient (Wildman–Crippen LogP) is 3.36. The molecule has 0 bridgehead atoms. The van der Waals surface area contributed by atoms with Crippen LogP contribution in [0.2, 0.25) is 10.0 Å². The van der Waals surface area contributed by atoms with Crippen LogP contribution < -0.4 is 5.73 Å². The van der Waals surface area contributed by atoms with E-state index in [0.29, 0.717) is 27.1 Å². The van der Waals surface area contributed by atoms with Gasteiger partial charge >= 0.3 is 0 Å². The van der Waals surface area contributed by atoms with E-state index in [0.717, 1.165) is 0 Å². The van der Waals surface area contributed by atoms with E-state index in [1.165, 1.54) is 16.8 Å². The molecule has 3 aromatic rings. The van der Waals surface area contributed by atoms with Crippen molar-refractivity contribution in [3.63, 3.8) is 0 Å². The largest absolute Gasteiger partial charge is 0.398 e. The molecular formula is C13H8Cl2FN5. The molecule has 5 nitrogen and oxygen atoms in total. The molecule has 0 saturated heterocycles. The van der Waals surface area contributed by atoms with Crippen LogP contribution in [0, 0.1) is 5.82 Å². The second-order valence-electron chi connectivity index (χ2n) is 4.25. The normalized spacial score (nSPS) is 10.8. The van der Waals surface area contributed by atoms with E-state index < -0.39 is 5.82 Å². The molecule has 0 amide bonds. The lowest BCUT2D eigenvalue weighted by Gasteiger charge is -2.07. The summed E-state index contributed by atoms with van der Waals surface area (Å²) in [6.45, 7) is 0. The summed E-state index contributed by atoms with van der Waals surface area (Å²) in [6.07, 6.45) is 0. The lowest BCUT2D eigenvalue weighted by Crippen LogP contribution is -2.03. The van der Waals surface area contributed by atoms with Gasteiger partial charge in [0.05, 0.1) is 10.7 Å². The van der Waals surface area contributed by atoms with E-state index in [2.05, 4.69) is 15.5 Å². The number of anilines is 1. The fourth-order valence-corrected chi connectivity index (χ4v) is 2.14. The maximum Gasteiger partial charge on any atom is 0.187 e. The molecule has 0 saturated carbocycles. The Morgan fingerprint density at radius 2 is 1.90 bits per heavy atom. The average Bonchev–Trinajstić information content (AvgIpc) is 2.91. The highest BCUT2D eigenvalue weighted by Crippen LogP contribution is 2.27. The fourth-order valence-electron chi connectivity index (χ4n) is 1.87. The minimum atomic E-state index is -0.530. The number of aromatic nitrogens is 4. The summed E-state index contributed by atoms with van der Waals surface area (Å²) in [5, 5.41) is 12.0. The topological polar surface area (TPSA) is 69.6 Å². The second kappa shape index (κ2) is 5.31. The first-order valence-electron chi connectivity index (χ1n) is 5.85. The van der Waals surface area contributed by atoms with E-state index in [1.54, 1.807) is 24.3 Å². The first-order chi connectivity index (χ1) is 10.1. The Hall–Kier alpha value is -2.18. The molecule has 21 heavy (non-hydrogen) atoms. The lowest BCUT2D eigenvalue weighted by molar-refractivity contribution is 0.608. The summed E-state index contributed by atoms with van der Waals surface area (Å²) >= 11 is 11.6. The van der Waals surface area contributed by atoms with Gasteiger partial charge in [-0.2, -0.15) is 4.68 Å². The van der Waals surface area contributed by atoms with Crippen LogP contribution in [0.3, 0.4) is 0 Å². The Morgan fingerprint density at radius 1 is 1.10 bits per heavy atom. The van der Waals surface area contributed by atoms with Crippen LogP contribution in [-0.2, 0) is 0 Å². The van der Waals surface area contributed by atoms with Gasteiger partial charge < -0.3 is 5.73 Å². The first-order valence-corrected chi connectivity index (χ1v) is 6.61. The Bertz CT molecular complexity index is 818. The molecule has 3 rings (SSSR count). The van der Waals surface area contributed by atoms with Gasteiger partial charge in [-0.15, -0.1) is 5.10 Å². The van der Waals surface area contributed by atoms with Crippen molar-refractivity contribution in [1.29, 1.82) is 0 Å². The van der Waals surface area contributed by atoms with Gasteiger partial charge in [-0.25, -0.2) is 4.39 Å². The smallest absolute Gasteiger partial charge is 0.187 e. The lowest BCUT2D eigenvalue weighted by atomic mass is 10.2. The highest BCUT2D eigenvalue weighted by molar-refractivity contribution is 6.33. The van der Waals surface area contributed by atoms with Gasteiger partial charge in [-0.05, 0) is 46.8 Å². The highest BCUT2D eigenvalue weighted by atomic mass is 35.5. The van der Waals surface area contributed by atoms with E-state index in [9.17, 15) is 4.39 Å². The molecular weight excluding hydrogens is 316 g/mol. The number of nitrogens with two attached hydrogens (primary N) is 1. The number of nitrogens with zero attached hydrogens (tertiary/aromatic N) is 4. The molecule has 0 aliphatic rings. The zero-order valence-electron chi connectivity index (χ0n) is 10.5. The molecule has 0 aliphatic heterocycles. The third kappa shape index (κ3) is 2.55. The van der Waals surface area contributed by atoms with Crippen molar-refractivity contribution in [3.05, 3.63) is 52.3 Å². The fraction of sp³-hybridized carbons (Fsp3) is 0. The van der Waals surface area contributed by atoms with Crippen molar-refractivity contribution >= 4 is 28.9 Å². The third-order valence-electron chi connectivity index (χ3n) is 2.86. The molecule has 1 heterocycles. The van der Waals surface area contributed by atoms with Crippen molar-refractivity contribution < 1.29 is 4.39 Å². The molecule has 2 N–H and O–H groups in total. The van der Waals surface area contributed by atoms with Crippen LogP contribution in [0.15, 0.2) is 36.4 Å². The monoisotopic (exact) mass is 323 g/mol. The summed E-state index contributed by atoms with van der Waals surface area (Å²) in [5.74, 6) is -0.183. The maximum absolute atomic E-state index is 14.0. The Labute approximate surface area is 129 Å². The van der Waals surface area contributed by atoms with Crippen LogP contribution >= 0.6 is 23.2 Å². The average molecular weight is 324 g/mol. The number of nitrogen functional groups attached to an aromatic ring is 1. The second-order valence-corrected chi connectivity index (χ2v) is 5.09. The van der Waals surface area contributed by atoms with E-state index in [1.807, 2.05) is 0 Å². The van der Waals surface area contributed by atoms with Gasteiger partial charge in [0.1, 0.15) is 11.5 Å². The number of halogens is 3. The molecule has 0 fully saturated rings. The van der Waals surface area contributed by atoms with Crippen molar-refractivity contribution in [1.82, 2.24) is 20.2 Å². The Morgan fingerprint density at radius 3 is 2.62 bits per heavy atom. The molecule has 0 atom stereocenters. The van der Waals surface area contributed by atoms with Crippen LogP contribution in [-0.4, -0.2) is 20.2 Å². The summed E-state index contributed by atoms with van der Waals surface area (Å²) < 4.78 is 15.3. The molecule has 2 aromatic carbocycles. The van der Waals surface area contributed by atoms with Crippen molar-refractivity contribution in [3.8, 4) is 17.1 Å². The Kier molecular flexibility index (Phi) is 3.48. The zero-order chi connectivity index (χ0) is 15.0. The first kappa shape index (κ1) is 13.8. The number of tetrazole rings is 1. The molecule has 0 aliphatic carbocycles. The van der Waals surface area contributed by atoms with Crippen LogP contribution in [0.4, 0.5) is 10.1 Å². The van der Waals surface area contributed by atoms with Crippen molar-refractivity contribution in [2.45, 2.75) is 0 Å². The van der Waals surface area contributed by atoms with Crippen molar-refractivity contribution in [2.75, 3.05) is 5.73 Å². The summed E-state index contributed by atoms with van der Waals surface area (Å²) in [6, 6.07) is 9.20. The standard InChI is InChI=1S/C13H8Cl2FN5/c14-8-2-4-12(10(16)6-8)21-13(18-19-20-21)7-1-3-9(15)11(17)5-7/h1-6H,17H2. The van der Waals surface area contributed by atoms with Crippen LogP contribution in [0.5, 0.6) is 0 Å². The molecule has 106 valence electrons. The summed E-state index contributed by atoms with van der Waals surface area (Å²) in [7, 11) is 0. The molecule has 0 spiro atoms. The number of rotatable bonds is 2. The zero-order valence-corrected chi connectivity index (χ0v) is 12.0. The molecule has 0 radical (unpaired) electrons.